The summed E-state index contributed by atoms with van der Waals surface area (Å²) >= 11 is 0. The van der Waals surface area contributed by atoms with E-state index in [9.17, 15) is 4.79 Å². The van der Waals surface area contributed by atoms with E-state index in [0.717, 1.165) is 12.2 Å². The standard InChI is InChI=1S/C12H22N4O2/c1-5-16-9-10(8-15-16)13-6-7-14-11(17)18-12(2,3)4/h8-9,13H,5-7H2,1-4H3,(H,14,17). The van der Waals surface area contributed by atoms with E-state index in [1.54, 1.807) is 6.20 Å². The maximum atomic E-state index is 11.3. The average molecular weight is 254 g/mol. The van der Waals surface area contributed by atoms with Crippen molar-refractivity contribution in [2.24, 2.45) is 0 Å². The minimum atomic E-state index is -0.459. The molecule has 2 N–H and O–H groups in total. The average Bonchev–Trinajstić information content (AvgIpc) is 2.70. The van der Waals surface area contributed by atoms with Gasteiger partial charge in [-0.05, 0) is 27.7 Å². The first-order chi connectivity index (χ1) is 8.40. The Bertz CT molecular complexity index is 382. The number of rotatable bonds is 5. The van der Waals surface area contributed by atoms with Gasteiger partial charge in [-0.25, -0.2) is 4.79 Å². The van der Waals surface area contributed by atoms with E-state index >= 15 is 0 Å². The normalized spacial score (nSPS) is 11.1. The first kappa shape index (κ1) is 14.3. The topological polar surface area (TPSA) is 68.2 Å². The highest BCUT2D eigenvalue weighted by molar-refractivity contribution is 5.67. The molecular weight excluding hydrogens is 232 g/mol. The molecule has 0 spiro atoms. The summed E-state index contributed by atoms with van der Waals surface area (Å²) in [5, 5.41) is 9.98. The Morgan fingerprint density at radius 3 is 2.72 bits per heavy atom. The highest BCUT2D eigenvalue weighted by atomic mass is 16.6. The van der Waals surface area contributed by atoms with Crippen molar-refractivity contribution >= 4 is 11.8 Å². The highest BCUT2D eigenvalue weighted by Gasteiger charge is 2.15. The summed E-state index contributed by atoms with van der Waals surface area (Å²) in [4.78, 5) is 11.3. The molecule has 0 saturated heterocycles. The molecule has 6 heteroatoms. The van der Waals surface area contributed by atoms with Gasteiger partial charge in [-0.3, -0.25) is 4.68 Å². The minimum Gasteiger partial charge on any atom is -0.444 e. The molecule has 102 valence electrons. The highest BCUT2D eigenvalue weighted by Crippen LogP contribution is 2.06. The Hall–Kier alpha value is -1.72. The predicted octanol–water partition coefficient (Wildman–Crippen LogP) is 1.84. The number of aryl methyl sites for hydroxylation is 1. The second-order valence-corrected chi connectivity index (χ2v) is 4.94. The van der Waals surface area contributed by atoms with Crippen molar-refractivity contribution in [3.8, 4) is 0 Å². The van der Waals surface area contributed by atoms with Gasteiger partial charge in [0.05, 0.1) is 11.9 Å². The van der Waals surface area contributed by atoms with Crippen molar-refractivity contribution in [1.82, 2.24) is 15.1 Å². The van der Waals surface area contributed by atoms with Gasteiger partial charge in [-0.1, -0.05) is 0 Å². The van der Waals surface area contributed by atoms with E-state index in [1.807, 2.05) is 38.6 Å². The van der Waals surface area contributed by atoms with Crippen LogP contribution in [0.3, 0.4) is 0 Å². The number of alkyl carbamates (subject to hydrolysis) is 1. The summed E-state index contributed by atoms with van der Waals surface area (Å²) in [7, 11) is 0. The van der Waals surface area contributed by atoms with Gasteiger partial charge in [-0.2, -0.15) is 5.10 Å². The van der Waals surface area contributed by atoms with E-state index in [2.05, 4.69) is 15.7 Å². The van der Waals surface area contributed by atoms with Crippen LogP contribution < -0.4 is 10.6 Å². The summed E-state index contributed by atoms with van der Waals surface area (Å²) in [6.07, 6.45) is 3.29. The van der Waals surface area contributed by atoms with Crippen LogP contribution in [0, 0.1) is 0 Å². The van der Waals surface area contributed by atoms with Gasteiger partial charge in [0.25, 0.3) is 0 Å². The Labute approximate surface area is 108 Å². The molecule has 0 aliphatic rings. The van der Waals surface area contributed by atoms with Crippen LogP contribution in [0.1, 0.15) is 27.7 Å². The fourth-order valence-corrected chi connectivity index (χ4v) is 1.31. The van der Waals surface area contributed by atoms with Gasteiger partial charge >= 0.3 is 6.09 Å². The second-order valence-electron chi connectivity index (χ2n) is 4.94. The fourth-order valence-electron chi connectivity index (χ4n) is 1.31. The molecule has 1 amide bonds. The van der Waals surface area contributed by atoms with Crippen molar-refractivity contribution in [2.75, 3.05) is 18.4 Å². The van der Waals surface area contributed by atoms with Crippen molar-refractivity contribution < 1.29 is 9.53 Å². The van der Waals surface area contributed by atoms with Crippen LogP contribution in [0.2, 0.25) is 0 Å². The Kier molecular flexibility index (Phi) is 5.00. The third-order valence-corrected chi connectivity index (χ3v) is 2.08. The largest absolute Gasteiger partial charge is 0.444 e. The molecule has 0 fully saturated rings. The molecule has 6 nitrogen and oxygen atoms in total. The lowest BCUT2D eigenvalue weighted by Gasteiger charge is -2.19. The lowest BCUT2D eigenvalue weighted by atomic mass is 10.2. The smallest absolute Gasteiger partial charge is 0.407 e. The molecule has 1 aromatic rings. The van der Waals surface area contributed by atoms with Gasteiger partial charge < -0.3 is 15.4 Å². The van der Waals surface area contributed by atoms with Crippen LogP contribution in [0.5, 0.6) is 0 Å². The van der Waals surface area contributed by atoms with Crippen LogP contribution in [0.4, 0.5) is 10.5 Å². The lowest BCUT2D eigenvalue weighted by Crippen LogP contribution is -2.34. The van der Waals surface area contributed by atoms with E-state index in [4.69, 9.17) is 4.74 Å². The molecule has 0 saturated carbocycles. The first-order valence-electron chi connectivity index (χ1n) is 6.14. The van der Waals surface area contributed by atoms with Crippen molar-refractivity contribution in [2.45, 2.75) is 39.8 Å². The molecule has 1 heterocycles. The van der Waals surface area contributed by atoms with Crippen LogP contribution in [0.15, 0.2) is 12.4 Å². The molecule has 0 aliphatic carbocycles. The molecule has 0 aromatic carbocycles. The third-order valence-electron chi connectivity index (χ3n) is 2.08. The van der Waals surface area contributed by atoms with E-state index < -0.39 is 11.7 Å². The maximum absolute atomic E-state index is 11.3. The number of amides is 1. The third kappa shape index (κ3) is 5.56. The summed E-state index contributed by atoms with van der Waals surface area (Å²) in [5.74, 6) is 0. The van der Waals surface area contributed by atoms with Crippen LogP contribution >= 0.6 is 0 Å². The molecule has 0 radical (unpaired) electrons. The van der Waals surface area contributed by atoms with Crippen molar-refractivity contribution in [3.63, 3.8) is 0 Å². The number of hydrogen-bond acceptors (Lipinski definition) is 4. The fraction of sp³-hybridized carbons (Fsp3) is 0.667. The number of aromatic nitrogens is 2. The number of nitrogens with one attached hydrogen (secondary N) is 2. The second kappa shape index (κ2) is 6.28. The number of hydrogen-bond donors (Lipinski definition) is 2. The number of anilines is 1. The summed E-state index contributed by atoms with van der Waals surface area (Å²) in [6, 6.07) is 0. The zero-order valence-corrected chi connectivity index (χ0v) is 11.5. The van der Waals surface area contributed by atoms with Crippen LogP contribution in [-0.4, -0.2) is 34.6 Å². The zero-order chi connectivity index (χ0) is 13.6. The molecule has 18 heavy (non-hydrogen) atoms. The molecular formula is C12H22N4O2. The van der Waals surface area contributed by atoms with Gasteiger partial charge in [0.15, 0.2) is 0 Å². The maximum Gasteiger partial charge on any atom is 0.407 e. The van der Waals surface area contributed by atoms with Crippen LogP contribution in [-0.2, 0) is 11.3 Å². The Morgan fingerprint density at radius 2 is 2.17 bits per heavy atom. The summed E-state index contributed by atoms with van der Waals surface area (Å²) < 4.78 is 6.95. The van der Waals surface area contributed by atoms with Crippen molar-refractivity contribution in [3.05, 3.63) is 12.4 Å². The molecule has 0 bridgehead atoms. The van der Waals surface area contributed by atoms with Gasteiger partial charge in [0.1, 0.15) is 5.60 Å². The number of carbonyl (C=O) groups is 1. The van der Waals surface area contributed by atoms with E-state index in [-0.39, 0.29) is 0 Å². The summed E-state index contributed by atoms with van der Waals surface area (Å²) in [6.45, 7) is 9.53. The minimum absolute atomic E-state index is 0.395. The number of nitrogens with zero attached hydrogens (tertiary/aromatic N) is 2. The molecule has 0 aliphatic heterocycles. The quantitative estimate of drug-likeness (QED) is 0.787. The molecule has 1 rings (SSSR count). The van der Waals surface area contributed by atoms with Gasteiger partial charge in [0.2, 0.25) is 0 Å². The van der Waals surface area contributed by atoms with E-state index in [0.29, 0.717) is 13.1 Å². The number of ether oxygens (including phenoxy) is 1. The first-order valence-corrected chi connectivity index (χ1v) is 6.14. The molecule has 0 unspecified atom stereocenters. The van der Waals surface area contributed by atoms with Gasteiger partial charge in [0, 0.05) is 25.8 Å². The number of carbonyl (C=O) groups excluding carboxylic acids is 1. The zero-order valence-electron chi connectivity index (χ0n) is 11.5. The van der Waals surface area contributed by atoms with Crippen LogP contribution in [0.25, 0.3) is 0 Å². The van der Waals surface area contributed by atoms with Gasteiger partial charge in [-0.15, -0.1) is 0 Å². The predicted molar refractivity (Wildman–Crippen MR) is 70.6 cm³/mol. The monoisotopic (exact) mass is 254 g/mol. The molecule has 1 aromatic heterocycles. The SMILES string of the molecule is CCn1cc(NCCNC(=O)OC(C)(C)C)cn1. The Morgan fingerprint density at radius 1 is 1.44 bits per heavy atom. The molecule has 0 atom stereocenters. The van der Waals surface area contributed by atoms with E-state index in [1.165, 1.54) is 0 Å². The summed E-state index contributed by atoms with van der Waals surface area (Å²) in [5.41, 5.74) is 0.489. The van der Waals surface area contributed by atoms with Crippen molar-refractivity contribution in [1.29, 1.82) is 0 Å². The Balaban J connectivity index is 2.17. The lowest BCUT2D eigenvalue weighted by molar-refractivity contribution is 0.0530.